The summed E-state index contributed by atoms with van der Waals surface area (Å²) in [5.41, 5.74) is 6.75. The molecular weight excluding hydrogens is 406 g/mol. The van der Waals surface area contributed by atoms with Gasteiger partial charge >= 0.3 is 0 Å². The van der Waals surface area contributed by atoms with E-state index in [4.69, 9.17) is 5.73 Å². The first-order valence-electron chi connectivity index (χ1n) is 10.4. The smallest absolute Gasteiger partial charge is 0.243 e. The summed E-state index contributed by atoms with van der Waals surface area (Å²) >= 11 is 0. The second kappa shape index (κ2) is 8.35. The monoisotopic (exact) mass is 433 g/mol. The van der Waals surface area contributed by atoms with Gasteiger partial charge in [-0.05, 0) is 43.9 Å². The summed E-state index contributed by atoms with van der Waals surface area (Å²) in [4.78, 5) is 30.2. The molecule has 1 aromatic heterocycles. The van der Waals surface area contributed by atoms with Gasteiger partial charge in [0.15, 0.2) is 0 Å². The zero-order chi connectivity index (χ0) is 21.3. The maximum Gasteiger partial charge on any atom is 0.243 e. The first-order valence-corrected chi connectivity index (χ1v) is 11.8. The highest BCUT2D eigenvalue weighted by Gasteiger charge is 2.28. The van der Waals surface area contributed by atoms with Crippen molar-refractivity contribution < 1.29 is 18.0 Å². The predicted octanol–water partition coefficient (Wildman–Crippen LogP) is 0.935. The number of aryl methyl sites for hydroxylation is 1. The number of benzene rings is 1. The lowest BCUT2D eigenvalue weighted by molar-refractivity contribution is -0.135. The maximum absolute atomic E-state index is 12.8. The standard InChI is InChI=1S/C20H27N5O4S/c21-20(27)15-5-10-23(11-6-15)19(26)7-12-24-14-22-17-13-16(3-4-18(17)24)30(28,29)25-8-1-2-9-25/h3-4,13-15H,1-2,5-12H2,(H2,21,27). The number of amides is 2. The number of aromatic nitrogens is 2. The van der Waals surface area contributed by atoms with Crippen molar-refractivity contribution in [1.82, 2.24) is 18.8 Å². The molecule has 0 radical (unpaired) electrons. The van der Waals surface area contributed by atoms with Crippen LogP contribution in [-0.2, 0) is 26.2 Å². The van der Waals surface area contributed by atoms with Crippen molar-refractivity contribution in [3.05, 3.63) is 24.5 Å². The van der Waals surface area contributed by atoms with E-state index in [1.54, 1.807) is 29.4 Å². The Bertz CT molecular complexity index is 1050. The third kappa shape index (κ3) is 4.06. The van der Waals surface area contributed by atoms with Crippen LogP contribution in [0.1, 0.15) is 32.1 Å². The molecule has 2 N–H and O–H groups in total. The van der Waals surface area contributed by atoms with Crippen LogP contribution >= 0.6 is 0 Å². The van der Waals surface area contributed by atoms with Gasteiger partial charge in [0.05, 0.1) is 22.3 Å². The number of fused-ring (bicyclic) bond motifs is 1. The molecule has 0 spiro atoms. The quantitative estimate of drug-likeness (QED) is 0.727. The van der Waals surface area contributed by atoms with Gasteiger partial charge in [0.1, 0.15) is 0 Å². The molecule has 162 valence electrons. The van der Waals surface area contributed by atoms with E-state index in [2.05, 4.69) is 4.98 Å². The van der Waals surface area contributed by atoms with E-state index < -0.39 is 10.0 Å². The van der Waals surface area contributed by atoms with Gasteiger partial charge in [0, 0.05) is 45.1 Å². The molecule has 2 aromatic rings. The van der Waals surface area contributed by atoms with Crippen molar-refractivity contribution in [2.24, 2.45) is 11.7 Å². The Hall–Kier alpha value is -2.46. The SMILES string of the molecule is NC(=O)C1CCN(C(=O)CCn2cnc3cc(S(=O)(=O)N4CCCC4)ccc32)CC1. The number of likely N-dealkylation sites (tertiary alicyclic amines) is 1. The predicted molar refractivity (Wildman–Crippen MR) is 111 cm³/mol. The summed E-state index contributed by atoms with van der Waals surface area (Å²) in [6.07, 6.45) is 4.98. The van der Waals surface area contributed by atoms with Crippen molar-refractivity contribution in [3.8, 4) is 0 Å². The van der Waals surface area contributed by atoms with E-state index in [9.17, 15) is 18.0 Å². The van der Waals surface area contributed by atoms with Crippen molar-refractivity contribution in [1.29, 1.82) is 0 Å². The third-order valence-electron chi connectivity index (χ3n) is 6.11. The Morgan fingerprint density at radius 3 is 2.47 bits per heavy atom. The minimum absolute atomic E-state index is 0.0352. The molecule has 30 heavy (non-hydrogen) atoms. The van der Waals surface area contributed by atoms with Gasteiger partial charge in [-0.25, -0.2) is 13.4 Å². The minimum Gasteiger partial charge on any atom is -0.369 e. The zero-order valence-electron chi connectivity index (χ0n) is 16.9. The molecule has 10 heteroatoms. The molecule has 2 aliphatic rings. The highest BCUT2D eigenvalue weighted by atomic mass is 32.2. The molecule has 0 atom stereocenters. The fourth-order valence-electron chi connectivity index (χ4n) is 4.25. The molecule has 0 saturated carbocycles. The number of carbonyl (C=O) groups excluding carboxylic acids is 2. The zero-order valence-corrected chi connectivity index (χ0v) is 17.7. The Balaban J connectivity index is 1.41. The average Bonchev–Trinajstić information content (AvgIpc) is 3.42. The maximum atomic E-state index is 12.8. The van der Waals surface area contributed by atoms with E-state index in [-0.39, 0.29) is 22.6 Å². The van der Waals surface area contributed by atoms with Crippen LogP contribution in [0.5, 0.6) is 0 Å². The number of imidazole rings is 1. The van der Waals surface area contributed by atoms with E-state index in [0.29, 0.717) is 57.5 Å². The molecular formula is C20H27N5O4S. The minimum atomic E-state index is -3.48. The first-order chi connectivity index (χ1) is 14.4. The molecule has 0 aliphatic carbocycles. The number of sulfonamides is 1. The second-order valence-corrected chi connectivity index (χ2v) is 9.95. The normalized spacial score (nSPS) is 18.9. The molecule has 2 aliphatic heterocycles. The molecule has 2 saturated heterocycles. The van der Waals surface area contributed by atoms with E-state index in [0.717, 1.165) is 18.4 Å². The summed E-state index contributed by atoms with van der Waals surface area (Å²) in [6, 6.07) is 4.98. The van der Waals surface area contributed by atoms with Crippen LogP contribution in [0, 0.1) is 5.92 Å². The van der Waals surface area contributed by atoms with Crippen molar-refractivity contribution in [2.45, 2.75) is 43.5 Å². The molecule has 0 bridgehead atoms. The van der Waals surface area contributed by atoms with Crippen LogP contribution in [0.3, 0.4) is 0 Å². The lowest BCUT2D eigenvalue weighted by Gasteiger charge is -2.30. The third-order valence-corrected chi connectivity index (χ3v) is 8.01. The molecule has 1 aromatic carbocycles. The summed E-state index contributed by atoms with van der Waals surface area (Å²) in [5.74, 6) is -0.399. The molecule has 9 nitrogen and oxygen atoms in total. The summed E-state index contributed by atoms with van der Waals surface area (Å²) in [7, 11) is -3.48. The van der Waals surface area contributed by atoms with Crippen molar-refractivity contribution in [3.63, 3.8) is 0 Å². The number of piperidine rings is 1. The van der Waals surface area contributed by atoms with Gasteiger partial charge in [-0.3, -0.25) is 9.59 Å². The number of rotatable bonds is 6. The van der Waals surface area contributed by atoms with Gasteiger partial charge in [-0.1, -0.05) is 0 Å². The largest absolute Gasteiger partial charge is 0.369 e. The highest BCUT2D eigenvalue weighted by Crippen LogP contribution is 2.24. The number of carbonyl (C=O) groups is 2. The topological polar surface area (TPSA) is 119 Å². The van der Waals surface area contributed by atoms with E-state index in [1.165, 1.54) is 4.31 Å². The number of hydrogen-bond acceptors (Lipinski definition) is 5. The number of primary amides is 1. The molecule has 2 amide bonds. The number of nitrogens with zero attached hydrogens (tertiary/aromatic N) is 4. The van der Waals surface area contributed by atoms with Gasteiger partial charge in [-0.2, -0.15) is 4.31 Å². The Kier molecular flexibility index (Phi) is 5.79. The van der Waals surface area contributed by atoms with Gasteiger partial charge in [0.25, 0.3) is 0 Å². The Morgan fingerprint density at radius 2 is 1.80 bits per heavy atom. The summed E-state index contributed by atoms with van der Waals surface area (Å²) < 4.78 is 28.9. The summed E-state index contributed by atoms with van der Waals surface area (Å²) in [6.45, 7) is 2.69. The second-order valence-electron chi connectivity index (χ2n) is 8.01. The Labute approximate surface area is 175 Å². The molecule has 2 fully saturated rings. The first kappa shape index (κ1) is 20.8. The van der Waals surface area contributed by atoms with Crippen LogP contribution in [0.4, 0.5) is 0 Å². The van der Waals surface area contributed by atoms with Gasteiger partial charge in [-0.15, -0.1) is 0 Å². The number of hydrogen-bond donors (Lipinski definition) is 1. The molecule has 0 unspecified atom stereocenters. The van der Waals surface area contributed by atoms with Crippen LogP contribution in [0.15, 0.2) is 29.4 Å². The Morgan fingerprint density at radius 1 is 1.10 bits per heavy atom. The van der Waals surface area contributed by atoms with Crippen LogP contribution in [0.2, 0.25) is 0 Å². The summed E-state index contributed by atoms with van der Waals surface area (Å²) in [5, 5.41) is 0. The number of nitrogens with two attached hydrogens (primary N) is 1. The van der Waals surface area contributed by atoms with Crippen LogP contribution in [-0.4, -0.2) is 65.2 Å². The molecule has 3 heterocycles. The molecule has 4 rings (SSSR count). The lowest BCUT2D eigenvalue weighted by Crippen LogP contribution is -2.41. The van der Waals surface area contributed by atoms with Gasteiger partial charge < -0.3 is 15.2 Å². The van der Waals surface area contributed by atoms with E-state index in [1.807, 2.05) is 4.57 Å². The fraction of sp³-hybridized carbons (Fsp3) is 0.550. The van der Waals surface area contributed by atoms with Gasteiger partial charge in [0.2, 0.25) is 21.8 Å². The van der Waals surface area contributed by atoms with Crippen molar-refractivity contribution >= 4 is 32.9 Å². The van der Waals surface area contributed by atoms with Crippen LogP contribution < -0.4 is 5.73 Å². The lowest BCUT2D eigenvalue weighted by atomic mass is 9.96. The fourth-order valence-corrected chi connectivity index (χ4v) is 5.79. The van der Waals surface area contributed by atoms with Crippen LogP contribution in [0.25, 0.3) is 11.0 Å². The van der Waals surface area contributed by atoms with E-state index >= 15 is 0 Å². The van der Waals surface area contributed by atoms with Crippen molar-refractivity contribution in [2.75, 3.05) is 26.2 Å². The highest BCUT2D eigenvalue weighted by molar-refractivity contribution is 7.89. The average molecular weight is 434 g/mol.